The molecule has 172 valence electrons. The molecule has 11 heteroatoms. The molecular weight excluding hydrogens is 435 g/mol. The standard InChI is InChI=1S/C20H26F3N3O4S/c21-20(22,23)30-17-3-1-16(2-4-17)13-24-5-7-25(8-6-24)18(27)14-31-15-19(28)26-9-11-29-12-10-26/h1-4H,5-15H2. The molecule has 0 aromatic heterocycles. The Morgan fingerprint density at radius 3 is 2.00 bits per heavy atom. The fourth-order valence-electron chi connectivity index (χ4n) is 3.43. The highest BCUT2D eigenvalue weighted by Gasteiger charge is 2.31. The van der Waals surface area contributed by atoms with E-state index in [1.807, 2.05) is 0 Å². The molecule has 0 spiro atoms. The summed E-state index contributed by atoms with van der Waals surface area (Å²) in [4.78, 5) is 30.2. The number of carbonyl (C=O) groups is 2. The SMILES string of the molecule is O=C(CSCC(=O)N1CCN(Cc2ccc(OC(F)(F)F)cc2)CC1)N1CCOCC1. The lowest BCUT2D eigenvalue weighted by Crippen LogP contribution is -2.49. The van der Waals surface area contributed by atoms with Crippen LogP contribution in [0.15, 0.2) is 24.3 Å². The number of amides is 2. The third kappa shape index (κ3) is 7.89. The van der Waals surface area contributed by atoms with Gasteiger partial charge in [-0.2, -0.15) is 0 Å². The number of alkyl halides is 3. The zero-order chi connectivity index (χ0) is 22.3. The highest BCUT2D eigenvalue weighted by molar-refractivity contribution is 8.00. The Morgan fingerprint density at radius 1 is 0.903 bits per heavy atom. The van der Waals surface area contributed by atoms with Crippen LogP contribution in [0.4, 0.5) is 13.2 Å². The Hall–Kier alpha value is -1.98. The first-order chi connectivity index (χ1) is 14.8. The van der Waals surface area contributed by atoms with Crippen LogP contribution in [-0.4, -0.2) is 96.9 Å². The highest BCUT2D eigenvalue weighted by atomic mass is 32.2. The Kier molecular flexibility index (Phi) is 8.44. The van der Waals surface area contributed by atoms with E-state index in [4.69, 9.17) is 4.74 Å². The number of piperazine rings is 1. The van der Waals surface area contributed by atoms with Gasteiger partial charge in [0.15, 0.2) is 0 Å². The van der Waals surface area contributed by atoms with Crippen molar-refractivity contribution in [2.45, 2.75) is 12.9 Å². The second-order valence-corrected chi connectivity index (χ2v) is 8.32. The lowest BCUT2D eigenvalue weighted by atomic mass is 10.2. The maximum Gasteiger partial charge on any atom is 0.573 e. The van der Waals surface area contributed by atoms with Crippen LogP contribution in [0.3, 0.4) is 0 Å². The molecule has 31 heavy (non-hydrogen) atoms. The van der Waals surface area contributed by atoms with E-state index in [-0.39, 0.29) is 23.3 Å². The number of morpholine rings is 1. The first-order valence-electron chi connectivity index (χ1n) is 10.1. The van der Waals surface area contributed by atoms with Gasteiger partial charge in [-0.3, -0.25) is 14.5 Å². The molecule has 0 unspecified atom stereocenters. The van der Waals surface area contributed by atoms with Gasteiger partial charge in [0.2, 0.25) is 11.8 Å². The quantitative estimate of drug-likeness (QED) is 0.618. The molecule has 7 nitrogen and oxygen atoms in total. The van der Waals surface area contributed by atoms with E-state index in [1.165, 1.54) is 23.9 Å². The van der Waals surface area contributed by atoms with Crippen LogP contribution >= 0.6 is 11.8 Å². The predicted octanol–water partition coefficient (Wildman–Crippen LogP) is 1.82. The number of halogens is 3. The average molecular weight is 462 g/mol. The first-order valence-corrected chi connectivity index (χ1v) is 11.2. The van der Waals surface area contributed by atoms with Crippen LogP contribution in [0.2, 0.25) is 0 Å². The number of ether oxygens (including phenoxy) is 2. The minimum atomic E-state index is -4.70. The summed E-state index contributed by atoms with van der Waals surface area (Å²) in [6, 6.07) is 5.83. The van der Waals surface area contributed by atoms with E-state index in [0.29, 0.717) is 64.8 Å². The van der Waals surface area contributed by atoms with Gasteiger partial charge in [0.1, 0.15) is 5.75 Å². The Bertz CT molecular complexity index is 734. The van der Waals surface area contributed by atoms with Crippen molar-refractivity contribution in [3.63, 3.8) is 0 Å². The van der Waals surface area contributed by atoms with E-state index in [1.54, 1.807) is 21.9 Å². The van der Waals surface area contributed by atoms with Crippen LogP contribution in [0.25, 0.3) is 0 Å². The van der Waals surface area contributed by atoms with Gasteiger partial charge in [-0.25, -0.2) is 0 Å². The fourth-order valence-corrected chi connectivity index (χ4v) is 4.25. The monoisotopic (exact) mass is 461 g/mol. The van der Waals surface area contributed by atoms with Crippen molar-refractivity contribution in [3.8, 4) is 5.75 Å². The summed E-state index contributed by atoms with van der Waals surface area (Å²) in [5.41, 5.74) is 0.881. The molecular formula is C20H26F3N3O4S. The van der Waals surface area contributed by atoms with Crippen molar-refractivity contribution in [1.29, 1.82) is 0 Å². The number of nitrogens with zero attached hydrogens (tertiary/aromatic N) is 3. The van der Waals surface area contributed by atoms with E-state index in [2.05, 4.69) is 9.64 Å². The summed E-state index contributed by atoms with van der Waals surface area (Å²) in [6.07, 6.45) is -4.70. The van der Waals surface area contributed by atoms with Crippen LogP contribution in [0, 0.1) is 0 Å². The minimum absolute atomic E-state index is 0.0214. The van der Waals surface area contributed by atoms with Gasteiger partial charge in [-0.1, -0.05) is 12.1 Å². The third-order valence-electron chi connectivity index (χ3n) is 5.10. The summed E-state index contributed by atoms with van der Waals surface area (Å²) in [7, 11) is 0. The molecule has 1 aromatic carbocycles. The van der Waals surface area contributed by atoms with Crippen molar-refractivity contribution in [2.75, 3.05) is 64.0 Å². The third-order valence-corrected chi connectivity index (χ3v) is 6.01. The van der Waals surface area contributed by atoms with Gasteiger partial charge in [0.05, 0.1) is 24.7 Å². The summed E-state index contributed by atoms with van der Waals surface area (Å²) in [5.74, 6) is 0.387. The van der Waals surface area contributed by atoms with Crippen molar-refractivity contribution < 1.29 is 32.2 Å². The zero-order valence-electron chi connectivity index (χ0n) is 17.1. The number of rotatable bonds is 7. The summed E-state index contributed by atoms with van der Waals surface area (Å²) < 4.78 is 45.8. The zero-order valence-corrected chi connectivity index (χ0v) is 17.9. The van der Waals surface area contributed by atoms with Crippen LogP contribution in [0.1, 0.15) is 5.56 Å². The van der Waals surface area contributed by atoms with Gasteiger partial charge >= 0.3 is 6.36 Å². The normalized spacial score (nSPS) is 18.2. The van der Waals surface area contributed by atoms with E-state index < -0.39 is 6.36 Å². The van der Waals surface area contributed by atoms with Gasteiger partial charge in [-0.05, 0) is 17.7 Å². The molecule has 2 aliphatic heterocycles. The molecule has 0 N–H and O–H groups in total. The van der Waals surface area contributed by atoms with E-state index in [9.17, 15) is 22.8 Å². The van der Waals surface area contributed by atoms with Gasteiger partial charge in [0, 0.05) is 45.8 Å². The smallest absolute Gasteiger partial charge is 0.406 e. The number of carbonyl (C=O) groups excluding carboxylic acids is 2. The van der Waals surface area contributed by atoms with Gasteiger partial charge < -0.3 is 19.3 Å². The Morgan fingerprint density at radius 2 is 1.45 bits per heavy atom. The topological polar surface area (TPSA) is 62.3 Å². The van der Waals surface area contributed by atoms with Crippen LogP contribution < -0.4 is 4.74 Å². The molecule has 0 aliphatic carbocycles. The van der Waals surface area contributed by atoms with Crippen molar-refractivity contribution >= 4 is 23.6 Å². The van der Waals surface area contributed by atoms with Gasteiger partial charge in [-0.15, -0.1) is 24.9 Å². The number of thioether (sulfide) groups is 1. The lowest BCUT2D eigenvalue weighted by Gasteiger charge is -2.34. The maximum atomic E-state index is 12.4. The number of hydrogen-bond acceptors (Lipinski definition) is 6. The Balaban J connectivity index is 1.34. The molecule has 1 aromatic rings. The first kappa shape index (κ1) is 23.7. The molecule has 0 saturated carbocycles. The molecule has 0 atom stereocenters. The molecule has 0 radical (unpaired) electrons. The van der Waals surface area contributed by atoms with Crippen molar-refractivity contribution in [2.24, 2.45) is 0 Å². The Labute approximate surface area is 183 Å². The number of hydrogen-bond donors (Lipinski definition) is 0. The second-order valence-electron chi connectivity index (χ2n) is 7.33. The van der Waals surface area contributed by atoms with Crippen LogP contribution in [0.5, 0.6) is 5.75 Å². The van der Waals surface area contributed by atoms with Gasteiger partial charge in [0.25, 0.3) is 0 Å². The van der Waals surface area contributed by atoms with Crippen molar-refractivity contribution in [3.05, 3.63) is 29.8 Å². The lowest BCUT2D eigenvalue weighted by molar-refractivity contribution is -0.274. The van der Waals surface area contributed by atoms with E-state index in [0.717, 1.165) is 5.56 Å². The summed E-state index contributed by atoms with van der Waals surface area (Å²) in [5, 5.41) is 0. The minimum Gasteiger partial charge on any atom is -0.406 e. The maximum absolute atomic E-state index is 12.4. The second kappa shape index (κ2) is 11.1. The molecule has 2 saturated heterocycles. The van der Waals surface area contributed by atoms with Crippen LogP contribution in [-0.2, 0) is 20.9 Å². The van der Waals surface area contributed by atoms with Crippen molar-refractivity contribution in [1.82, 2.24) is 14.7 Å². The molecule has 2 aliphatic rings. The average Bonchev–Trinajstić information content (AvgIpc) is 2.75. The fraction of sp³-hybridized carbons (Fsp3) is 0.600. The predicted molar refractivity (Wildman–Crippen MR) is 110 cm³/mol. The summed E-state index contributed by atoms with van der Waals surface area (Å²) >= 11 is 1.34. The molecule has 0 bridgehead atoms. The summed E-state index contributed by atoms with van der Waals surface area (Å²) in [6.45, 7) is 5.47. The molecule has 3 rings (SSSR count). The van der Waals surface area contributed by atoms with E-state index >= 15 is 0 Å². The molecule has 2 heterocycles. The highest BCUT2D eigenvalue weighted by Crippen LogP contribution is 2.23. The number of benzene rings is 1. The largest absolute Gasteiger partial charge is 0.573 e. The molecule has 2 amide bonds. The molecule has 2 fully saturated rings.